The molecule has 168 valence electrons. The van der Waals surface area contributed by atoms with Gasteiger partial charge in [0.05, 0.1) is 18.1 Å². The largest absolute Gasteiger partial charge is 0.323 e. The first kappa shape index (κ1) is 23.1. The van der Waals surface area contributed by atoms with E-state index in [2.05, 4.69) is 20.5 Å². The lowest BCUT2D eigenvalue weighted by atomic mass is 10.0. The van der Waals surface area contributed by atoms with Crippen LogP contribution in [0, 0.1) is 12.7 Å². The van der Waals surface area contributed by atoms with E-state index in [0.717, 1.165) is 24.1 Å². The van der Waals surface area contributed by atoms with E-state index in [1.165, 1.54) is 22.7 Å². The molecule has 2 amide bonds. The van der Waals surface area contributed by atoms with E-state index in [1.54, 1.807) is 31.4 Å². The summed E-state index contributed by atoms with van der Waals surface area (Å²) in [4.78, 5) is 18.5. The molecule has 0 unspecified atom stereocenters. The molecule has 1 aliphatic rings. The molecule has 0 atom stereocenters. The molecule has 2 N–H and O–H groups in total. The Bertz CT molecular complexity index is 1020. The number of hydrogen-bond acceptors (Lipinski definition) is 5. The quantitative estimate of drug-likeness (QED) is 0.707. The first-order valence-corrected chi connectivity index (χ1v) is 11.9. The van der Waals surface area contributed by atoms with E-state index < -0.39 is 21.9 Å². The van der Waals surface area contributed by atoms with E-state index in [4.69, 9.17) is 0 Å². The van der Waals surface area contributed by atoms with Crippen molar-refractivity contribution in [2.45, 2.75) is 32.4 Å². The number of piperidine rings is 1. The number of aryl methyl sites for hydroxylation is 1. The molecule has 3 rings (SSSR count). The van der Waals surface area contributed by atoms with Gasteiger partial charge in [-0.15, -0.1) is 0 Å². The zero-order valence-electron chi connectivity index (χ0n) is 17.9. The van der Waals surface area contributed by atoms with Crippen molar-refractivity contribution in [2.24, 2.45) is 0 Å². The fourth-order valence-corrected chi connectivity index (χ4v) is 4.37. The number of hydrogen-bond donors (Lipinski definition) is 2. The Hall–Kier alpha value is -2.56. The fraction of sp³-hybridized carbons (Fsp3) is 0.429. The molecule has 1 saturated heterocycles. The molecule has 0 radical (unpaired) electrons. The number of anilines is 2. The highest BCUT2D eigenvalue weighted by atomic mass is 32.2. The molecule has 1 aromatic carbocycles. The molecule has 2 aromatic rings. The molecule has 0 aliphatic carbocycles. The third kappa shape index (κ3) is 6.71. The maximum atomic E-state index is 14.1. The van der Waals surface area contributed by atoms with Gasteiger partial charge in [0.15, 0.2) is 0 Å². The lowest BCUT2D eigenvalue weighted by Crippen LogP contribution is -2.44. The van der Waals surface area contributed by atoms with Gasteiger partial charge in [-0.25, -0.2) is 21.9 Å². The summed E-state index contributed by atoms with van der Waals surface area (Å²) in [5, 5.41) is 5.32. The van der Waals surface area contributed by atoms with Crippen LogP contribution in [-0.2, 0) is 16.6 Å². The number of carbonyl (C=O) groups excluding carboxylic acids is 1. The predicted molar refractivity (Wildman–Crippen MR) is 119 cm³/mol. The van der Waals surface area contributed by atoms with Crippen LogP contribution in [0.1, 0.15) is 24.1 Å². The van der Waals surface area contributed by atoms with Crippen LogP contribution in [0.15, 0.2) is 36.5 Å². The summed E-state index contributed by atoms with van der Waals surface area (Å²) < 4.78 is 39.0. The first-order valence-electron chi connectivity index (χ1n) is 10.1. The smallest absolute Gasteiger partial charge is 0.308 e. The van der Waals surface area contributed by atoms with Crippen LogP contribution in [-0.4, -0.2) is 61.1 Å². The average molecular weight is 450 g/mol. The van der Waals surface area contributed by atoms with Gasteiger partial charge in [0.25, 0.3) is 0 Å². The number of amides is 2. The highest BCUT2D eigenvalue weighted by molar-refractivity contribution is 7.88. The molecular weight excluding hydrogens is 421 g/mol. The van der Waals surface area contributed by atoms with Crippen LogP contribution in [0.5, 0.6) is 0 Å². The van der Waals surface area contributed by atoms with Crippen molar-refractivity contribution in [3.63, 3.8) is 0 Å². The Morgan fingerprint density at radius 2 is 1.87 bits per heavy atom. The van der Waals surface area contributed by atoms with Gasteiger partial charge in [-0.05, 0) is 55.7 Å². The van der Waals surface area contributed by atoms with Crippen molar-refractivity contribution in [1.29, 1.82) is 0 Å². The SMILES string of the molecule is Cc1ccc(NC(=O)Nc2cc(F)cc(CN3CCC(N(C)S(C)(=O)=O)CC3)c2)cn1. The van der Waals surface area contributed by atoms with Gasteiger partial charge in [0.1, 0.15) is 5.82 Å². The van der Waals surface area contributed by atoms with E-state index in [9.17, 15) is 17.6 Å². The molecule has 1 aromatic heterocycles. The number of likely N-dealkylation sites (tertiary alicyclic amines) is 1. The topological polar surface area (TPSA) is 94.6 Å². The Morgan fingerprint density at radius 3 is 2.48 bits per heavy atom. The molecular formula is C21H28FN5O3S. The summed E-state index contributed by atoms with van der Waals surface area (Å²) in [6, 6.07) is 7.48. The van der Waals surface area contributed by atoms with Crippen LogP contribution in [0.4, 0.5) is 20.6 Å². The number of halogens is 1. The summed E-state index contributed by atoms with van der Waals surface area (Å²) in [6.45, 7) is 3.80. The average Bonchev–Trinajstić information content (AvgIpc) is 2.68. The van der Waals surface area contributed by atoms with Crippen molar-refractivity contribution in [1.82, 2.24) is 14.2 Å². The lowest BCUT2D eigenvalue weighted by Gasteiger charge is -2.35. The van der Waals surface area contributed by atoms with Crippen LogP contribution < -0.4 is 10.6 Å². The molecule has 1 fully saturated rings. The second kappa shape index (κ2) is 9.71. The van der Waals surface area contributed by atoms with Gasteiger partial charge >= 0.3 is 6.03 Å². The second-order valence-electron chi connectivity index (χ2n) is 7.90. The Kier molecular flexibility index (Phi) is 7.24. The highest BCUT2D eigenvalue weighted by Crippen LogP contribution is 2.21. The minimum absolute atomic E-state index is 0.0176. The van der Waals surface area contributed by atoms with Gasteiger partial charge in [0, 0.05) is 44.1 Å². The van der Waals surface area contributed by atoms with Gasteiger partial charge < -0.3 is 10.6 Å². The maximum absolute atomic E-state index is 14.1. The predicted octanol–water partition coefficient (Wildman–Crippen LogP) is 3.03. The molecule has 2 heterocycles. The van der Waals surface area contributed by atoms with Gasteiger partial charge in [-0.2, -0.15) is 0 Å². The van der Waals surface area contributed by atoms with Gasteiger partial charge in [-0.3, -0.25) is 9.88 Å². The number of benzene rings is 1. The highest BCUT2D eigenvalue weighted by Gasteiger charge is 2.27. The minimum Gasteiger partial charge on any atom is -0.308 e. The molecule has 10 heteroatoms. The number of pyridine rings is 1. The van der Waals surface area contributed by atoms with Crippen molar-refractivity contribution in [2.75, 3.05) is 37.0 Å². The number of urea groups is 1. The van der Waals surface area contributed by atoms with Gasteiger partial charge in [0.2, 0.25) is 10.0 Å². The summed E-state index contributed by atoms with van der Waals surface area (Å²) in [7, 11) is -1.60. The number of nitrogens with zero attached hydrogens (tertiary/aromatic N) is 3. The van der Waals surface area contributed by atoms with Gasteiger partial charge in [-0.1, -0.05) is 0 Å². The Labute approximate surface area is 182 Å². The molecule has 8 nitrogen and oxygen atoms in total. The second-order valence-corrected chi connectivity index (χ2v) is 9.94. The monoisotopic (exact) mass is 449 g/mol. The molecule has 0 spiro atoms. The number of carbonyl (C=O) groups is 1. The zero-order valence-corrected chi connectivity index (χ0v) is 18.7. The molecule has 0 bridgehead atoms. The van der Waals surface area contributed by atoms with E-state index >= 15 is 0 Å². The van der Waals surface area contributed by atoms with Crippen LogP contribution >= 0.6 is 0 Å². The van der Waals surface area contributed by atoms with Crippen molar-refractivity contribution >= 4 is 27.4 Å². The molecule has 1 aliphatic heterocycles. The minimum atomic E-state index is -3.21. The standard InChI is InChI=1S/C21H28FN5O3S/c1-15-4-5-18(13-23-15)24-21(28)25-19-11-16(10-17(22)12-19)14-27-8-6-20(7-9-27)26(2)31(3,29)30/h4-5,10-13,20H,6-9,14H2,1-3H3,(H2,24,25,28). The summed E-state index contributed by atoms with van der Waals surface area (Å²) in [5.74, 6) is -0.434. The summed E-state index contributed by atoms with van der Waals surface area (Å²) in [5.41, 5.74) is 2.48. The van der Waals surface area contributed by atoms with Crippen LogP contribution in [0.25, 0.3) is 0 Å². The normalized spacial score (nSPS) is 15.8. The van der Waals surface area contributed by atoms with E-state index in [-0.39, 0.29) is 6.04 Å². The van der Waals surface area contributed by atoms with Crippen molar-refractivity contribution < 1.29 is 17.6 Å². The molecule has 31 heavy (non-hydrogen) atoms. The van der Waals surface area contributed by atoms with Crippen molar-refractivity contribution in [3.8, 4) is 0 Å². The Morgan fingerprint density at radius 1 is 1.19 bits per heavy atom. The maximum Gasteiger partial charge on any atom is 0.323 e. The zero-order chi connectivity index (χ0) is 22.6. The Balaban J connectivity index is 1.57. The van der Waals surface area contributed by atoms with Crippen LogP contribution in [0.3, 0.4) is 0 Å². The first-order chi connectivity index (χ1) is 14.6. The van der Waals surface area contributed by atoms with Crippen LogP contribution in [0.2, 0.25) is 0 Å². The van der Waals surface area contributed by atoms with Crippen molar-refractivity contribution in [3.05, 3.63) is 53.6 Å². The number of aromatic nitrogens is 1. The number of rotatable bonds is 6. The number of nitrogens with one attached hydrogen (secondary N) is 2. The third-order valence-corrected chi connectivity index (χ3v) is 6.73. The third-order valence-electron chi connectivity index (χ3n) is 5.39. The van der Waals surface area contributed by atoms with E-state index in [1.807, 2.05) is 6.92 Å². The lowest BCUT2D eigenvalue weighted by molar-refractivity contribution is 0.164. The molecule has 0 saturated carbocycles. The number of sulfonamides is 1. The van der Waals surface area contributed by atoms with E-state index in [0.29, 0.717) is 31.0 Å². The fourth-order valence-electron chi connectivity index (χ4n) is 3.62. The summed E-state index contributed by atoms with van der Waals surface area (Å²) >= 11 is 0. The summed E-state index contributed by atoms with van der Waals surface area (Å²) in [6.07, 6.45) is 4.21.